The van der Waals surface area contributed by atoms with E-state index in [4.69, 9.17) is 0 Å². The van der Waals surface area contributed by atoms with Crippen LogP contribution >= 0.6 is 0 Å². The Balaban J connectivity index is 2.07. The minimum absolute atomic E-state index is 0.0351. The predicted molar refractivity (Wildman–Crippen MR) is 69.1 cm³/mol. The molecule has 0 amide bonds. The molecule has 0 aliphatic carbocycles. The fourth-order valence-corrected chi connectivity index (χ4v) is 1.92. The normalized spacial score (nSPS) is 10.8. The summed E-state index contributed by atoms with van der Waals surface area (Å²) >= 11 is 0. The summed E-state index contributed by atoms with van der Waals surface area (Å²) in [5, 5.41) is 4.17. The van der Waals surface area contributed by atoms with E-state index in [-0.39, 0.29) is 18.0 Å². The number of carbonyl (C=O) groups excluding carboxylic acids is 1. The molecule has 0 spiro atoms. The molecule has 0 bridgehead atoms. The van der Waals surface area contributed by atoms with E-state index in [1.807, 2.05) is 13.0 Å². The number of alkyl halides is 2. The Morgan fingerprint density at radius 1 is 1.35 bits per heavy atom. The van der Waals surface area contributed by atoms with Gasteiger partial charge in [-0.1, -0.05) is 0 Å². The number of rotatable bonds is 5. The van der Waals surface area contributed by atoms with Crippen molar-refractivity contribution in [2.45, 2.75) is 20.0 Å². The van der Waals surface area contributed by atoms with Crippen molar-refractivity contribution in [3.8, 4) is 5.75 Å². The highest BCUT2D eigenvalue weighted by molar-refractivity contribution is 5.97. The zero-order valence-electron chi connectivity index (χ0n) is 11.1. The van der Waals surface area contributed by atoms with Crippen molar-refractivity contribution in [1.82, 2.24) is 9.78 Å². The largest absolute Gasteiger partial charge is 0.435 e. The van der Waals surface area contributed by atoms with Gasteiger partial charge in [0.15, 0.2) is 5.78 Å². The van der Waals surface area contributed by atoms with Crippen LogP contribution in [0.1, 0.15) is 21.7 Å². The molecule has 1 heterocycles. The van der Waals surface area contributed by atoms with E-state index < -0.39 is 6.61 Å². The summed E-state index contributed by atoms with van der Waals surface area (Å²) in [4.78, 5) is 12.1. The van der Waals surface area contributed by atoms with Crippen LogP contribution in [0.3, 0.4) is 0 Å². The molecule has 20 heavy (non-hydrogen) atoms. The SMILES string of the molecule is Cc1cc(CC(=O)c2ccc(OC(F)F)cc2)n(C)n1. The average molecular weight is 280 g/mol. The third-order valence-corrected chi connectivity index (χ3v) is 2.84. The van der Waals surface area contributed by atoms with Gasteiger partial charge in [-0.05, 0) is 37.3 Å². The Hall–Kier alpha value is -2.24. The smallest absolute Gasteiger partial charge is 0.387 e. The predicted octanol–water partition coefficient (Wildman–Crippen LogP) is 2.76. The van der Waals surface area contributed by atoms with E-state index in [0.717, 1.165) is 11.4 Å². The Kier molecular flexibility index (Phi) is 4.12. The van der Waals surface area contributed by atoms with Gasteiger partial charge in [0.2, 0.25) is 0 Å². The number of hydrogen-bond donors (Lipinski definition) is 0. The maximum atomic E-state index is 12.1. The summed E-state index contributed by atoms with van der Waals surface area (Å²) in [5.74, 6) is -0.0653. The number of aromatic nitrogens is 2. The van der Waals surface area contributed by atoms with Gasteiger partial charge in [0, 0.05) is 18.3 Å². The van der Waals surface area contributed by atoms with Crippen LogP contribution in [0, 0.1) is 6.92 Å². The van der Waals surface area contributed by atoms with Crippen molar-refractivity contribution in [3.05, 3.63) is 47.3 Å². The molecule has 1 aromatic carbocycles. The summed E-state index contributed by atoms with van der Waals surface area (Å²) in [7, 11) is 1.77. The van der Waals surface area contributed by atoms with Crippen LogP contribution < -0.4 is 4.74 Å². The van der Waals surface area contributed by atoms with Gasteiger partial charge >= 0.3 is 6.61 Å². The lowest BCUT2D eigenvalue weighted by Crippen LogP contribution is -2.08. The molecule has 106 valence electrons. The molecule has 1 aromatic heterocycles. The molecule has 0 fully saturated rings. The molecular formula is C14H14F2N2O2. The fourth-order valence-electron chi connectivity index (χ4n) is 1.92. The van der Waals surface area contributed by atoms with Crippen LogP contribution in [-0.2, 0) is 13.5 Å². The fraction of sp³-hybridized carbons (Fsp3) is 0.286. The minimum atomic E-state index is -2.87. The van der Waals surface area contributed by atoms with Crippen LogP contribution in [0.2, 0.25) is 0 Å². The van der Waals surface area contributed by atoms with Gasteiger partial charge < -0.3 is 4.74 Å². The third-order valence-electron chi connectivity index (χ3n) is 2.84. The van der Waals surface area contributed by atoms with Gasteiger partial charge in [-0.15, -0.1) is 0 Å². The molecule has 0 saturated carbocycles. The zero-order valence-corrected chi connectivity index (χ0v) is 11.1. The number of aryl methyl sites for hydroxylation is 2. The Morgan fingerprint density at radius 3 is 2.50 bits per heavy atom. The van der Waals surface area contributed by atoms with E-state index >= 15 is 0 Å². The van der Waals surface area contributed by atoms with E-state index in [0.29, 0.717) is 5.56 Å². The molecule has 6 heteroatoms. The molecule has 0 unspecified atom stereocenters. The highest BCUT2D eigenvalue weighted by Crippen LogP contribution is 2.16. The summed E-state index contributed by atoms with van der Waals surface area (Å²) in [6, 6.07) is 7.50. The lowest BCUT2D eigenvalue weighted by atomic mass is 10.1. The van der Waals surface area contributed by atoms with Crippen molar-refractivity contribution in [2.75, 3.05) is 0 Å². The number of carbonyl (C=O) groups is 1. The molecule has 0 aliphatic rings. The van der Waals surface area contributed by atoms with Gasteiger partial charge in [-0.2, -0.15) is 13.9 Å². The molecule has 4 nitrogen and oxygen atoms in total. The van der Waals surface area contributed by atoms with E-state index in [1.165, 1.54) is 24.3 Å². The number of halogens is 2. The topological polar surface area (TPSA) is 44.1 Å². The van der Waals surface area contributed by atoms with Crippen molar-refractivity contribution < 1.29 is 18.3 Å². The van der Waals surface area contributed by atoms with Crippen LogP contribution in [0.4, 0.5) is 8.78 Å². The van der Waals surface area contributed by atoms with Crippen molar-refractivity contribution in [2.24, 2.45) is 7.05 Å². The number of nitrogens with zero attached hydrogens (tertiary/aromatic N) is 2. The first-order valence-electron chi connectivity index (χ1n) is 6.03. The average Bonchev–Trinajstić information content (AvgIpc) is 2.68. The highest BCUT2D eigenvalue weighted by Gasteiger charge is 2.11. The number of ketones is 1. The molecule has 2 aromatic rings. The minimum Gasteiger partial charge on any atom is -0.435 e. The molecule has 0 radical (unpaired) electrons. The van der Waals surface area contributed by atoms with Crippen molar-refractivity contribution in [3.63, 3.8) is 0 Å². The van der Waals surface area contributed by atoms with Crippen LogP contribution in [0.15, 0.2) is 30.3 Å². The second-order valence-corrected chi connectivity index (χ2v) is 4.40. The lowest BCUT2D eigenvalue weighted by Gasteiger charge is -2.05. The first-order chi connectivity index (χ1) is 9.45. The number of ether oxygens (including phenoxy) is 1. The Bertz CT molecular complexity index is 606. The number of hydrogen-bond acceptors (Lipinski definition) is 3. The molecule has 0 aliphatic heterocycles. The second-order valence-electron chi connectivity index (χ2n) is 4.40. The molecule has 2 rings (SSSR count). The van der Waals surface area contributed by atoms with Crippen LogP contribution in [0.25, 0.3) is 0 Å². The summed E-state index contributed by atoms with van der Waals surface area (Å²) < 4.78 is 29.9. The van der Waals surface area contributed by atoms with Crippen molar-refractivity contribution >= 4 is 5.78 Å². The third kappa shape index (κ3) is 3.40. The van der Waals surface area contributed by atoms with Gasteiger partial charge in [0.25, 0.3) is 0 Å². The summed E-state index contributed by atoms with van der Waals surface area (Å²) in [6.07, 6.45) is 0.215. The first kappa shape index (κ1) is 14.2. The maximum Gasteiger partial charge on any atom is 0.387 e. The van der Waals surface area contributed by atoms with Gasteiger partial charge in [-0.3, -0.25) is 9.48 Å². The molecule has 0 N–H and O–H groups in total. The van der Waals surface area contributed by atoms with Crippen molar-refractivity contribution in [1.29, 1.82) is 0 Å². The van der Waals surface area contributed by atoms with E-state index in [2.05, 4.69) is 9.84 Å². The van der Waals surface area contributed by atoms with Crippen LogP contribution in [-0.4, -0.2) is 22.2 Å². The Morgan fingerprint density at radius 2 is 2.00 bits per heavy atom. The van der Waals surface area contributed by atoms with E-state index in [1.54, 1.807) is 11.7 Å². The van der Waals surface area contributed by atoms with Gasteiger partial charge in [0.1, 0.15) is 5.75 Å². The van der Waals surface area contributed by atoms with Gasteiger partial charge in [-0.25, -0.2) is 0 Å². The standard InChI is InChI=1S/C14H14F2N2O2/c1-9-7-11(18(2)17-9)8-13(19)10-3-5-12(6-4-10)20-14(15)16/h3-7,14H,8H2,1-2H3. The molecule has 0 saturated heterocycles. The number of benzene rings is 1. The Labute approximate surface area is 115 Å². The first-order valence-corrected chi connectivity index (χ1v) is 6.03. The lowest BCUT2D eigenvalue weighted by molar-refractivity contribution is -0.0498. The molecule has 0 atom stereocenters. The zero-order chi connectivity index (χ0) is 14.7. The quantitative estimate of drug-likeness (QED) is 0.791. The monoisotopic (exact) mass is 280 g/mol. The number of Topliss-reactive ketones (excluding diaryl/α,β-unsaturated/α-hetero) is 1. The van der Waals surface area contributed by atoms with E-state index in [9.17, 15) is 13.6 Å². The van der Waals surface area contributed by atoms with Crippen LogP contribution in [0.5, 0.6) is 5.75 Å². The summed E-state index contributed by atoms with van der Waals surface area (Å²) in [5.41, 5.74) is 2.10. The molecular weight excluding hydrogens is 266 g/mol. The maximum absolute atomic E-state index is 12.1. The second kappa shape index (κ2) is 5.81. The summed E-state index contributed by atoms with van der Waals surface area (Å²) in [6.45, 7) is -1.02. The highest BCUT2D eigenvalue weighted by atomic mass is 19.3. The van der Waals surface area contributed by atoms with Gasteiger partial charge in [0.05, 0.1) is 12.1 Å².